The molecule has 3 aromatic heterocycles. The second kappa shape index (κ2) is 5.98. The SMILES string of the molecule is O=C(NCc1cc(-c2ccoc2)cs1)c1nc2ccccc2s1. The smallest absolute Gasteiger partial charge is 0.280 e. The number of rotatable bonds is 4. The first kappa shape index (κ1) is 14.2. The number of hydrogen-bond acceptors (Lipinski definition) is 5. The van der Waals surface area contributed by atoms with Crippen LogP contribution in [0, 0.1) is 0 Å². The van der Waals surface area contributed by atoms with Crippen LogP contribution in [-0.2, 0) is 6.54 Å². The van der Waals surface area contributed by atoms with E-state index in [-0.39, 0.29) is 5.91 Å². The van der Waals surface area contributed by atoms with Crippen molar-refractivity contribution in [1.29, 1.82) is 0 Å². The molecule has 114 valence electrons. The lowest BCUT2D eigenvalue weighted by molar-refractivity contribution is 0.0951. The molecular weight excluding hydrogens is 328 g/mol. The maximum atomic E-state index is 12.2. The number of nitrogens with zero attached hydrogens (tertiary/aromatic N) is 1. The van der Waals surface area contributed by atoms with Gasteiger partial charge in [0.25, 0.3) is 5.91 Å². The van der Waals surface area contributed by atoms with Crippen molar-refractivity contribution in [2.75, 3.05) is 0 Å². The third-order valence-corrected chi connectivity index (χ3v) is 5.39. The van der Waals surface area contributed by atoms with Crippen LogP contribution in [0.15, 0.2) is 58.7 Å². The normalized spacial score (nSPS) is 11.0. The van der Waals surface area contributed by atoms with E-state index in [0.29, 0.717) is 11.6 Å². The van der Waals surface area contributed by atoms with Gasteiger partial charge in [-0.3, -0.25) is 4.79 Å². The number of thiazole rings is 1. The molecule has 1 N–H and O–H groups in total. The molecule has 0 spiro atoms. The third kappa shape index (κ3) is 2.91. The first-order valence-corrected chi connectivity index (χ1v) is 8.73. The number of nitrogens with one attached hydrogen (secondary N) is 1. The number of para-hydroxylation sites is 1. The molecule has 0 saturated heterocycles. The Morgan fingerprint density at radius 2 is 2.13 bits per heavy atom. The van der Waals surface area contributed by atoms with Gasteiger partial charge >= 0.3 is 0 Å². The second-order valence-corrected chi connectivity index (χ2v) is 7.01. The van der Waals surface area contributed by atoms with Crippen molar-refractivity contribution in [2.24, 2.45) is 0 Å². The number of amides is 1. The van der Waals surface area contributed by atoms with Crippen molar-refractivity contribution in [3.63, 3.8) is 0 Å². The maximum Gasteiger partial charge on any atom is 0.280 e. The van der Waals surface area contributed by atoms with Crippen molar-refractivity contribution in [3.8, 4) is 11.1 Å². The summed E-state index contributed by atoms with van der Waals surface area (Å²) in [4.78, 5) is 17.7. The summed E-state index contributed by atoms with van der Waals surface area (Å²) >= 11 is 3.03. The van der Waals surface area contributed by atoms with E-state index in [2.05, 4.69) is 21.7 Å². The molecule has 1 amide bonds. The van der Waals surface area contributed by atoms with Crippen molar-refractivity contribution >= 4 is 38.8 Å². The molecule has 0 aliphatic heterocycles. The van der Waals surface area contributed by atoms with Crippen LogP contribution >= 0.6 is 22.7 Å². The van der Waals surface area contributed by atoms with Gasteiger partial charge in [0, 0.05) is 10.4 Å². The predicted molar refractivity (Wildman–Crippen MR) is 92.8 cm³/mol. The van der Waals surface area contributed by atoms with Crippen LogP contribution in [-0.4, -0.2) is 10.9 Å². The quantitative estimate of drug-likeness (QED) is 0.593. The van der Waals surface area contributed by atoms with Gasteiger partial charge in [-0.2, -0.15) is 0 Å². The summed E-state index contributed by atoms with van der Waals surface area (Å²) in [5.74, 6) is -0.135. The van der Waals surface area contributed by atoms with Crippen molar-refractivity contribution in [1.82, 2.24) is 10.3 Å². The van der Waals surface area contributed by atoms with E-state index in [4.69, 9.17) is 4.42 Å². The molecule has 0 bridgehead atoms. The Kier molecular flexibility index (Phi) is 3.69. The third-order valence-electron chi connectivity index (χ3n) is 3.42. The number of thiophene rings is 1. The van der Waals surface area contributed by atoms with Gasteiger partial charge in [0.1, 0.15) is 0 Å². The van der Waals surface area contributed by atoms with E-state index in [0.717, 1.165) is 26.2 Å². The van der Waals surface area contributed by atoms with Gasteiger partial charge in [-0.1, -0.05) is 12.1 Å². The van der Waals surface area contributed by atoms with E-state index in [1.165, 1.54) is 11.3 Å². The van der Waals surface area contributed by atoms with Crippen molar-refractivity contribution < 1.29 is 9.21 Å². The molecule has 23 heavy (non-hydrogen) atoms. The molecule has 0 radical (unpaired) electrons. The highest BCUT2D eigenvalue weighted by Gasteiger charge is 2.12. The first-order valence-electron chi connectivity index (χ1n) is 7.03. The summed E-state index contributed by atoms with van der Waals surface area (Å²) < 4.78 is 6.12. The highest BCUT2D eigenvalue weighted by atomic mass is 32.1. The van der Waals surface area contributed by atoms with Crippen LogP contribution in [0.25, 0.3) is 21.3 Å². The molecule has 0 aliphatic rings. The van der Waals surface area contributed by atoms with Crippen LogP contribution in [0.3, 0.4) is 0 Å². The largest absolute Gasteiger partial charge is 0.472 e. The lowest BCUT2D eigenvalue weighted by Gasteiger charge is -1.99. The van der Waals surface area contributed by atoms with E-state index in [9.17, 15) is 4.79 Å². The topological polar surface area (TPSA) is 55.1 Å². The average Bonchev–Trinajstić information content (AvgIpc) is 3.31. The summed E-state index contributed by atoms with van der Waals surface area (Å²) in [6, 6.07) is 11.7. The number of carbonyl (C=O) groups is 1. The predicted octanol–water partition coefficient (Wildman–Crippen LogP) is 4.55. The first-order chi connectivity index (χ1) is 11.3. The minimum absolute atomic E-state index is 0.135. The minimum Gasteiger partial charge on any atom is -0.472 e. The Bertz CT molecular complexity index is 921. The van der Waals surface area contributed by atoms with Crippen LogP contribution in [0.5, 0.6) is 0 Å². The summed E-state index contributed by atoms with van der Waals surface area (Å²) in [7, 11) is 0. The van der Waals surface area contributed by atoms with Gasteiger partial charge in [-0.05, 0) is 35.2 Å². The van der Waals surface area contributed by atoms with Gasteiger partial charge in [-0.15, -0.1) is 22.7 Å². The zero-order valence-corrected chi connectivity index (χ0v) is 13.6. The average molecular weight is 340 g/mol. The van der Waals surface area contributed by atoms with Crippen molar-refractivity contribution in [2.45, 2.75) is 6.54 Å². The Morgan fingerprint density at radius 1 is 1.22 bits per heavy atom. The number of carbonyl (C=O) groups excluding carboxylic acids is 1. The Balaban J connectivity index is 1.45. The Labute approximate surface area is 140 Å². The number of furan rings is 1. The fourth-order valence-electron chi connectivity index (χ4n) is 2.27. The summed E-state index contributed by atoms with van der Waals surface area (Å²) in [5, 5.41) is 5.49. The summed E-state index contributed by atoms with van der Waals surface area (Å²) in [6.45, 7) is 0.497. The van der Waals surface area contributed by atoms with Gasteiger partial charge in [0.15, 0.2) is 5.01 Å². The van der Waals surface area contributed by atoms with E-state index < -0.39 is 0 Å². The van der Waals surface area contributed by atoms with Gasteiger partial charge < -0.3 is 9.73 Å². The molecule has 4 aromatic rings. The number of hydrogen-bond donors (Lipinski definition) is 1. The van der Waals surface area contributed by atoms with Crippen LogP contribution in [0.2, 0.25) is 0 Å². The molecule has 0 fully saturated rings. The monoisotopic (exact) mass is 340 g/mol. The molecule has 0 saturated carbocycles. The van der Waals surface area contributed by atoms with Crippen LogP contribution in [0.4, 0.5) is 0 Å². The molecule has 0 unspecified atom stereocenters. The van der Waals surface area contributed by atoms with E-state index >= 15 is 0 Å². The highest BCUT2D eigenvalue weighted by Crippen LogP contribution is 2.26. The van der Waals surface area contributed by atoms with Gasteiger partial charge in [0.05, 0.1) is 29.3 Å². The Hall–Kier alpha value is -2.44. The van der Waals surface area contributed by atoms with E-state index in [1.807, 2.05) is 30.3 Å². The number of aromatic nitrogens is 1. The van der Waals surface area contributed by atoms with Crippen molar-refractivity contribution in [3.05, 3.63) is 64.2 Å². The zero-order chi connectivity index (χ0) is 15.6. The standard InChI is InChI=1S/C17H12N2O2S2/c20-16(17-19-14-3-1-2-4-15(14)23-17)18-8-13-7-12(10-22-13)11-5-6-21-9-11/h1-7,9-10H,8H2,(H,18,20). The van der Waals surface area contributed by atoms with E-state index in [1.54, 1.807) is 23.9 Å². The molecule has 4 nitrogen and oxygen atoms in total. The Morgan fingerprint density at radius 3 is 2.96 bits per heavy atom. The minimum atomic E-state index is -0.135. The molecule has 0 aliphatic carbocycles. The molecular formula is C17H12N2O2S2. The second-order valence-electron chi connectivity index (χ2n) is 4.98. The lowest BCUT2D eigenvalue weighted by atomic mass is 10.2. The molecule has 6 heteroatoms. The van der Waals surface area contributed by atoms with Crippen LogP contribution in [0.1, 0.15) is 14.7 Å². The van der Waals surface area contributed by atoms with Gasteiger partial charge in [-0.25, -0.2) is 4.98 Å². The number of benzene rings is 1. The maximum absolute atomic E-state index is 12.2. The number of fused-ring (bicyclic) bond motifs is 1. The molecule has 1 aromatic carbocycles. The molecule has 3 heterocycles. The highest BCUT2D eigenvalue weighted by molar-refractivity contribution is 7.20. The van der Waals surface area contributed by atoms with Crippen LogP contribution < -0.4 is 5.32 Å². The fraction of sp³-hybridized carbons (Fsp3) is 0.0588. The van der Waals surface area contributed by atoms with Gasteiger partial charge in [0.2, 0.25) is 0 Å². The molecule has 0 atom stereocenters. The summed E-state index contributed by atoms with van der Waals surface area (Å²) in [5.41, 5.74) is 3.01. The zero-order valence-electron chi connectivity index (χ0n) is 12.0. The summed E-state index contributed by atoms with van der Waals surface area (Å²) in [6.07, 6.45) is 3.37. The lowest BCUT2D eigenvalue weighted by Crippen LogP contribution is -2.22. The fourth-order valence-corrected chi connectivity index (χ4v) is 3.98. The molecule has 4 rings (SSSR count).